The third kappa shape index (κ3) is 5.54. The number of carbonyl (C=O) groups is 2. The lowest BCUT2D eigenvalue weighted by atomic mass is 9.98. The number of halogens is 1. The summed E-state index contributed by atoms with van der Waals surface area (Å²) >= 11 is 5.91. The fourth-order valence-corrected chi connectivity index (χ4v) is 4.46. The highest BCUT2D eigenvalue weighted by Gasteiger charge is 2.33. The minimum Gasteiger partial charge on any atom is -0.490 e. The standard InChI is InChI=1S/C26H26ClN5O3/c27-20-3-1-18(2-4-20)26(34)31-13-10-24(11-14-31)35-23-7-5-21(6-8-23)30-25(33)19-16-32(17-19)22-9-12-28-29-15-22/h1-9,12,15,19,24H,10-11,13-14,16-17H2,(H,30,33). The van der Waals surface area contributed by atoms with E-state index in [-0.39, 0.29) is 23.8 Å². The lowest BCUT2D eigenvalue weighted by Gasteiger charge is -2.39. The maximum atomic E-state index is 12.7. The van der Waals surface area contributed by atoms with Gasteiger partial charge in [0.25, 0.3) is 5.91 Å². The number of ether oxygens (including phenoxy) is 1. The van der Waals surface area contributed by atoms with E-state index in [1.807, 2.05) is 35.2 Å². The molecule has 0 saturated carbocycles. The van der Waals surface area contributed by atoms with Gasteiger partial charge in [-0.3, -0.25) is 9.59 Å². The molecule has 180 valence electrons. The predicted molar refractivity (Wildman–Crippen MR) is 134 cm³/mol. The molecule has 3 aromatic rings. The van der Waals surface area contributed by atoms with Crippen molar-refractivity contribution in [3.05, 3.63) is 77.6 Å². The van der Waals surface area contributed by atoms with Crippen molar-refractivity contribution in [2.24, 2.45) is 5.92 Å². The molecule has 0 bridgehead atoms. The van der Waals surface area contributed by atoms with E-state index in [1.54, 1.807) is 36.7 Å². The molecule has 1 aromatic heterocycles. The first-order valence-electron chi connectivity index (χ1n) is 11.7. The normalized spacial score (nSPS) is 16.5. The Morgan fingerprint density at radius 2 is 1.66 bits per heavy atom. The first-order chi connectivity index (χ1) is 17.0. The molecule has 1 N–H and O–H groups in total. The number of aromatic nitrogens is 2. The molecule has 3 heterocycles. The highest BCUT2D eigenvalue weighted by molar-refractivity contribution is 6.30. The van der Waals surface area contributed by atoms with Crippen LogP contribution in [0.4, 0.5) is 11.4 Å². The summed E-state index contributed by atoms with van der Waals surface area (Å²) in [5.74, 6) is 0.729. The summed E-state index contributed by atoms with van der Waals surface area (Å²) in [5, 5.41) is 11.3. The number of anilines is 2. The molecular formula is C26H26ClN5O3. The number of nitrogens with one attached hydrogen (secondary N) is 1. The van der Waals surface area contributed by atoms with Crippen LogP contribution in [0.5, 0.6) is 5.75 Å². The van der Waals surface area contributed by atoms with Gasteiger partial charge in [-0.15, -0.1) is 0 Å². The molecule has 8 nitrogen and oxygen atoms in total. The van der Waals surface area contributed by atoms with Crippen molar-refractivity contribution < 1.29 is 14.3 Å². The van der Waals surface area contributed by atoms with Crippen LogP contribution in [0.15, 0.2) is 67.0 Å². The van der Waals surface area contributed by atoms with Crippen LogP contribution >= 0.6 is 11.6 Å². The second-order valence-corrected chi connectivity index (χ2v) is 9.27. The quantitative estimate of drug-likeness (QED) is 0.563. The fourth-order valence-electron chi connectivity index (χ4n) is 4.33. The highest BCUT2D eigenvalue weighted by Crippen LogP contribution is 2.26. The number of hydrogen-bond donors (Lipinski definition) is 1. The Labute approximate surface area is 208 Å². The Morgan fingerprint density at radius 1 is 0.943 bits per heavy atom. The minimum absolute atomic E-state index is 0.00894. The van der Waals surface area contributed by atoms with Gasteiger partial charge in [0, 0.05) is 55.3 Å². The van der Waals surface area contributed by atoms with Crippen LogP contribution in [-0.2, 0) is 4.79 Å². The molecule has 5 rings (SSSR count). The van der Waals surface area contributed by atoms with Gasteiger partial charge in [-0.2, -0.15) is 10.2 Å². The summed E-state index contributed by atoms with van der Waals surface area (Å²) in [5.41, 5.74) is 2.37. The van der Waals surface area contributed by atoms with Crippen molar-refractivity contribution in [3.8, 4) is 5.75 Å². The van der Waals surface area contributed by atoms with Gasteiger partial charge in [0.1, 0.15) is 11.9 Å². The smallest absolute Gasteiger partial charge is 0.253 e. The molecular weight excluding hydrogens is 466 g/mol. The highest BCUT2D eigenvalue weighted by atomic mass is 35.5. The second-order valence-electron chi connectivity index (χ2n) is 8.83. The number of amides is 2. The first kappa shape index (κ1) is 23.1. The Hall–Kier alpha value is -3.65. The van der Waals surface area contributed by atoms with Crippen molar-refractivity contribution in [2.45, 2.75) is 18.9 Å². The number of rotatable bonds is 6. The molecule has 35 heavy (non-hydrogen) atoms. The van der Waals surface area contributed by atoms with E-state index >= 15 is 0 Å². The molecule has 9 heteroatoms. The van der Waals surface area contributed by atoms with Gasteiger partial charge in [0.05, 0.1) is 24.0 Å². The summed E-state index contributed by atoms with van der Waals surface area (Å²) in [4.78, 5) is 29.2. The van der Waals surface area contributed by atoms with Crippen LogP contribution in [0.3, 0.4) is 0 Å². The SMILES string of the molecule is O=C(Nc1ccc(OC2CCN(C(=O)c3ccc(Cl)cc3)CC2)cc1)C1CN(c2ccnnc2)C1. The average Bonchev–Trinajstić information content (AvgIpc) is 2.85. The third-order valence-electron chi connectivity index (χ3n) is 6.43. The molecule has 2 aliphatic rings. The number of piperidine rings is 1. The lowest BCUT2D eigenvalue weighted by Crippen LogP contribution is -2.52. The first-order valence-corrected chi connectivity index (χ1v) is 12.1. The van der Waals surface area contributed by atoms with Crippen molar-refractivity contribution in [1.29, 1.82) is 0 Å². The largest absolute Gasteiger partial charge is 0.490 e. The molecule has 0 radical (unpaired) electrons. The predicted octanol–water partition coefficient (Wildman–Crippen LogP) is 3.89. The molecule has 0 unspecified atom stereocenters. The van der Waals surface area contributed by atoms with E-state index < -0.39 is 0 Å². The molecule has 2 aliphatic heterocycles. The van der Waals surface area contributed by atoms with Gasteiger partial charge < -0.3 is 19.9 Å². The summed E-state index contributed by atoms with van der Waals surface area (Å²) < 4.78 is 6.12. The number of nitrogens with zero attached hydrogens (tertiary/aromatic N) is 4. The van der Waals surface area contributed by atoms with Gasteiger partial charge in [0.2, 0.25) is 5.91 Å². The van der Waals surface area contributed by atoms with Gasteiger partial charge in [0.15, 0.2) is 0 Å². The lowest BCUT2D eigenvalue weighted by molar-refractivity contribution is -0.120. The maximum absolute atomic E-state index is 12.7. The van der Waals surface area contributed by atoms with Crippen LogP contribution in [0.25, 0.3) is 0 Å². The minimum atomic E-state index is -0.0557. The molecule has 2 amide bonds. The van der Waals surface area contributed by atoms with Crippen molar-refractivity contribution in [2.75, 3.05) is 36.4 Å². The monoisotopic (exact) mass is 491 g/mol. The van der Waals surface area contributed by atoms with Crippen LogP contribution < -0.4 is 15.0 Å². The van der Waals surface area contributed by atoms with Gasteiger partial charge in [-0.25, -0.2) is 0 Å². The molecule has 2 fully saturated rings. The molecule has 2 saturated heterocycles. The Balaban J connectivity index is 1.06. The van der Waals surface area contributed by atoms with E-state index in [0.29, 0.717) is 36.8 Å². The third-order valence-corrected chi connectivity index (χ3v) is 6.68. The zero-order valence-corrected chi connectivity index (χ0v) is 19.9. The van der Waals surface area contributed by atoms with Crippen molar-refractivity contribution >= 4 is 34.8 Å². The molecule has 0 spiro atoms. The molecule has 0 atom stereocenters. The molecule has 2 aromatic carbocycles. The van der Waals surface area contributed by atoms with Gasteiger partial charge >= 0.3 is 0 Å². The average molecular weight is 492 g/mol. The van der Waals surface area contributed by atoms with Crippen molar-refractivity contribution in [1.82, 2.24) is 15.1 Å². The summed E-state index contributed by atoms with van der Waals surface area (Å²) in [6, 6.07) is 16.3. The maximum Gasteiger partial charge on any atom is 0.253 e. The van der Waals surface area contributed by atoms with E-state index in [9.17, 15) is 9.59 Å². The fraction of sp³-hybridized carbons (Fsp3) is 0.308. The number of hydrogen-bond acceptors (Lipinski definition) is 6. The number of benzene rings is 2. The van der Waals surface area contributed by atoms with Crippen molar-refractivity contribution in [3.63, 3.8) is 0 Å². The number of likely N-dealkylation sites (tertiary alicyclic amines) is 1. The van der Waals surface area contributed by atoms with Crippen LogP contribution in [0.2, 0.25) is 5.02 Å². The Kier molecular flexibility index (Phi) is 6.81. The van der Waals surface area contributed by atoms with Gasteiger partial charge in [-0.1, -0.05) is 11.6 Å². The van der Waals surface area contributed by atoms with E-state index in [1.165, 1.54) is 0 Å². The van der Waals surface area contributed by atoms with E-state index in [2.05, 4.69) is 20.4 Å². The Morgan fingerprint density at radius 3 is 2.31 bits per heavy atom. The number of carbonyl (C=O) groups excluding carboxylic acids is 2. The van der Waals surface area contributed by atoms with E-state index in [0.717, 1.165) is 30.0 Å². The summed E-state index contributed by atoms with van der Waals surface area (Å²) in [6.07, 6.45) is 4.94. The van der Waals surface area contributed by atoms with Gasteiger partial charge in [-0.05, 0) is 54.6 Å². The van der Waals surface area contributed by atoms with Crippen LogP contribution in [-0.4, -0.2) is 59.2 Å². The molecule has 0 aliphatic carbocycles. The summed E-state index contributed by atoms with van der Waals surface area (Å²) in [7, 11) is 0. The second kappa shape index (κ2) is 10.3. The zero-order valence-electron chi connectivity index (χ0n) is 19.1. The van der Waals surface area contributed by atoms with E-state index in [4.69, 9.17) is 16.3 Å². The zero-order chi connectivity index (χ0) is 24.2. The van der Waals surface area contributed by atoms with Crippen LogP contribution in [0.1, 0.15) is 23.2 Å². The Bertz CT molecular complexity index is 1160. The van der Waals surface area contributed by atoms with Crippen LogP contribution in [0, 0.1) is 5.92 Å². The summed E-state index contributed by atoms with van der Waals surface area (Å²) in [6.45, 7) is 2.62. The topological polar surface area (TPSA) is 87.7 Å².